The Morgan fingerprint density at radius 1 is 1.12 bits per heavy atom. The summed E-state index contributed by atoms with van der Waals surface area (Å²) in [5, 5.41) is 16.0. The zero-order valence-electron chi connectivity index (χ0n) is 18.4. The lowest BCUT2D eigenvalue weighted by atomic mass is 9.86. The molecule has 33 heavy (non-hydrogen) atoms. The van der Waals surface area contributed by atoms with Crippen LogP contribution in [-0.2, 0) is 4.79 Å². The van der Waals surface area contributed by atoms with Gasteiger partial charge in [0.05, 0.1) is 24.7 Å². The number of benzene rings is 2. The van der Waals surface area contributed by atoms with Crippen LogP contribution in [0.25, 0.3) is 17.2 Å². The first-order chi connectivity index (χ1) is 16.1. The fraction of sp³-hybridized carbons (Fsp3) is 0.208. The first-order valence-electron chi connectivity index (χ1n) is 10.4. The number of hydrogen-bond acceptors (Lipinski definition) is 7. The summed E-state index contributed by atoms with van der Waals surface area (Å²) in [6.45, 7) is 1.94. The van der Waals surface area contributed by atoms with Crippen molar-refractivity contribution in [3.63, 3.8) is 0 Å². The summed E-state index contributed by atoms with van der Waals surface area (Å²) in [7, 11) is 1.63. The third-order valence-corrected chi connectivity index (χ3v) is 6.49. The number of amides is 1. The molecule has 1 aliphatic rings. The molecule has 3 heterocycles. The largest absolute Gasteiger partial charge is 0.497 e. The third kappa shape index (κ3) is 3.95. The Bertz CT molecular complexity index is 1320. The predicted octanol–water partition coefficient (Wildman–Crippen LogP) is 4.24. The number of aromatic nitrogens is 5. The van der Waals surface area contributed by atoms with Crippen LogP contribution in [0.1, 0.15) is 29.2 Å². The van der Waals surface area contributed by atoms with Crippen molar-refractivity contribution in [1.29, 1.82) is 0 Å². The van der Waals surface area contributed by atoms with E-state index in [1.807, 2.05) is 37.4 Å². The van der Waals surface area contributed by atoms with Crippen molar-refractivity contribution in [2.45, 2.75) is 24.2 Å². The molecular weight excluding hydrogens is 436 g/mol. The van der Waals surface area contributed by atoms with Gasteiger partial charge in [0.2, 0.25) is 5.91 Å². The second kappa shape index (κ2) is 8.67. The molecule has 166 valence electrons. The molecule has 1 atom stereocenters. The summed E-state index contributed by atoms with van der Waals surface area (Å²) >= 11 is 1.69. The molecule has 4 aromatic rings. The average Bonchev–Trinajstić information content (AvgIpc) is 3.19. The van der Waals surface area contributed by atoms with E-state index in [0.29, 0.717) is 23.9 Å². The molecule has 0 saturated heterocycles. The molecule has 0 fully saturated rings. The Morgan fingerprint density at radius 2 is 1.88 bits per heavy atom. The molecular formula is C24H22N6O2S. The van der Waals surface area contributed by atoms with Gasteiger partial charge in [-0.2, -0.15) is 14.9 Å². The van der Waals surface area contributed by atoms with E-state index in [2.05, 4.69) is 49.9 Å². The predicted molar refractivity (Wildman–Crippen MR) is 127 cm³/mol. The van der Waals surface area contributed by atoms with Crippen molar-refractivity contribution in [3.8, 4) is 23.0 Å². The van der Waals surface area contributed by atoms with Crippen LogP contribution in [0.3, 0.4) is 0 Å². The van der Waals surface area contributed by atoms with E-state index in [9.17, 15) is 4.79 Å². The number of carbonyl (C=O) groups is 1. The van der Waals surface area contributed by atoms with E-state index in [0.717, 1.165) is 28.1 Å². The van der Waals surface area contributed by atoms with Crippen LogP contribution >= 0.6 is 11.8 Å². The van der Waals surface area contributed by atoms with Crippen LogP contribution in [0.2, 0.25) is 0 Å². The van der Waals surface area contributed by atoms with Gasteiger partial charge >= 0.3 is 0 Å². The molecule has 1 N–H and O–H groups in total. The Hall–Kier alpha value is -3.72. The highest BCUT2D eigenvalue weighted by molar-refractivity contribution is 7.98. The van der Waals surface area contributed by atoms with Crippen LogP contribution in [0.4, 0.5) is 5.82 Å². The van der Waals surface area contributed by atoms with Crippen molar-refractivity contribution < 1.29 is 9.53 Å². The fourth-order valence-corrected chi connectivity index (χ4v) is 4.51. The van der Waals surface area contributed by atoms with E-state index >= 15 is 0 Å². The van der Waals surface area contributed by atoms with Gasteiger partial charge in [0, 0.05) is 28.4 Å². The monoisotopic (exact) mass is 458 g/mol. The molecule has 1 amide bonds. The second-order valence-corrected chi connectivity index (χ2v) is 8.59. The zero-order chi connectivity index (χ0) is 22.9. The van der Waals surface area contributed by atoms with Crippen molar-refractivity contribution >= 4 is 23.5 Å². The molecule has 0 radical (unpaired) electrons. The Labute approximate surface area is 195 Å². The molecule has 2 aromatic carbocycles. The van der Waals surface area contributed by atoms with Gasteiger partial charge < -0.3 is 10.1 Å². The number of hydrogen-bond donors (Lipinski definition) is 1. The van der Waals surface area contributed by atoms with Gasteiger partial charge in [0.1, 0.15) is 11.6 Å². The normalized spacial score (nSPS) is 15.1. The summed E-state index contributed by atoms with van der Waals surface area (Å²) in [4.78, 5) is 18.5. The first-order valence-corrected chi connectivity index (χ1v) is 11.7. The zero-order valence-corrected chi connectivity index (χ0v) is 19.3. The third-order valence-electron chi connectivity index (χ3n) is 5.74. The quantitative estimate of drug-likeness (QED) is 0.447. The van der Waals surface area contributed by atoms with Crippen LogP contribution in [0.15, 0.2) is 59.6 Å². The molecule has 5 rings (SSSR count). The van der Waals surface area contributed by atoms with E-state index in [1.165, 1.54) is 4.90 Å². The Balaban J connectivity index is 1.56. The summed E-state index contributed by atoms with van der Waals surface area (Å²) in [6, 6.07) is 15.9. The first kappa shape index (κ1) is 21.1. The van der Waals surface area contributed by atoms with Crippen molar-refractivity contribution in [2.24, 2.45) is 0 Å². The number of methoxy groups -OCH3 is 1. The van der Waals surface area contributed by atoms with Gasteiger partial charge in [-0.15, -0.1) is 16.9 Å². The fourth-order valence-electron chi connectivity index (χ4n) is 4.10. The SMILES string of the molecule is COc1ccc(-c2cnnc(-n3nc(C)c4c3NC(=O)CC4c3ccc(SC)cc3)n2)cc1. The van der Waals surface area contributed by atoms with Gasteiger partial charge in [0.25, 0.3) is 5.95 Å². The van der Waals surface area contributed by atoms with Crippen LogP contribution in [-0.4, -0.2) is 44.2 Å². The maximum atomic E-state index is 12.6. The van der Waals surface area contributed by atoms with Crippen molar-refractivity contribution in [1.82, 2.24) is 25.0 Å². The van der Waals surface area contributed by atoms with E-state index in [-0.39, 0.29) is 11.8 Å². The maximum absolute atomic E-state index is 12.6. The summed E-state index contributed by atoms with van der Waals surface area (Å²) in [6.07, 6.45) is 4.01. The summed E-state index contributed by atoms with van der Waals surface area (Å²) < 4.78 is 6.80. The number of fused-ring (bicyclic) bond motifs is 1. The maximum Gasteiger partial charge on any atom is 0.272 e. The Morgan fingerprint density at radius 3 is 2.58 bits per heavy atom. The van der Waals surface area contributed by atoms with Gasteiger partial charge in [-0.1, -0.05) is 12.1 Å². The number of thioether (sulfide) groups is 1. The summed E-state index contributed by atoms with van der Waals surface area (Å²) in [5.41, 5.74) is 4.40. The van der Waals surface area contributed by atoms with E-state index in [4.69, 9.17) is 4.74 Å². The molecule has 0 bridgehead atoms. The molecule has 1 aliphatic heterocycles. The van der Waals surface area contributed by atoms with Crippen molar-refractivity contribution in [2.75, 3.05) is 18.7 Å². The van der Waals surface area contributed by atoms with E-state index < -0.39 is 0 Å². The van der Waals surface area contributed by atoms with Gasteiger partial charge in [-0.05, 0) is 55.1 Å². The molecule has 8 nitrogen and oxygen atoms in total. The molecule has 9 heteroatoms. The average molecular weight is 459 g/mol. The summed E-state index contributed by atoms with van der Waals surface area (Å²) in [5.74, 6) is 1.50. The molecule has 1 unspecified atom stereocenters. The van der Waals surface area contributed by atoms with Gasteiger partial charge in [0.15, 0.2) is 0 Å². The number of ether oxygens (including phenoxy) is 1. The number of carbonyl (C=O) groups excluding carboxylic acids is 1. The highest BCUT2D eigenvalue weighted by Gasteiger charge is 2.33. The van der Waals surface area contributed by atoms with Crippen LogP contribution < -0.4 is 10.1 Å². The molecule has 0 saturated carbocycles. The van der Waals surface area contributed by atoms with Crippen LogP contribution in [0, 0.1) is 6.92 Å². The topological polar surface area (TPSA) is 94.8 Å². The van der Waals surface area contributed by atoms with Gasteiger partial charge in [-0.25, -0.2) is 4.98 Å². The minimum Gasteiger partial charge on any atom is -0.497 e. The number of rotatable bonds is 5. The van der Waals surface area contributed by atoms with Crippen molar-refractivity contribution in [3.05, 3.63) is 71.5 Å². The highest BCUT2D eigenvalue weighted by Crippen LogP contribution is 2.40. The minimum absolute atomic E-state index is 0.0677. The number of aryl methyl sites for hydroxylation is 1. The highest BCUT2D eigenvalue weighted by atomic mass is 32.2. The number of nitrogens with zero attached hydrogens (tertiary/aromatic N) is 5. The standard InChI is InChI=1S/C24H22N6O2S/c1-14-22-19(15-6-10-18(33-3)11-7-15)12-21(31)27-23(22)30(29-14)24-26-20(13-25-28-24)16-4-8-17(32-2)9-5-16/h4-11,13,19H,12H2,1-3H3,(H,27,31). The second-order valence-electron chi connectivity index (χ2n) is 7.71. The van der Waals surface area contributed by atoms with Gasteiger partial charge in [-0.3, -0.25) is 4.79 Å². The molecule has 2 aromatic heterocycles. The lowest BCUT2D eigenvalue weighted by molar-refractivity contribution is -0.116. The lowest BCUT2D eigenvalue weighted by Gasteiger charge is -2.24. The number of anilines is 1. The van der Waals surface area contributed by atoms with E-state index in [1.54, 1.807) is 29.8 Å². The number of nitrogens with one attached hydrogen (secondary N) is 1. The molecule has 0 aliphatic carbocycles. The van der Waals surface area contributed by atoms with Crippen LogP contribution in [0.5, 0.6) is 5.75 Å². The minimum atomic E-state index is -0.0869. The lowest BCUT2D eigenvalue weighted by Crippen LogP contribution is -2.25. The molecule has 0 spiro atoms. The Kier molecular flexibility index (Phi) is 5.55. The smallest absolute Gasteiger partial charge is 0.272 e.